The summed E-state index contributed by atoms with van der Waals surface area (Å²) in [6.07, 6.45) is 0. The van der Waals surface area contributed by atoms with Gasteiger partial charge in [-0.3, -0.25) is 9.51 Å². The standard InChI is InChI=1S/C15H19N3O4.C6H4Cl2/c19-15-17-14(18-22-15)13-3-1-2-11(6-13)8-21-10-12-7-16-4-5-20-9-12;7-5-3-1-2-4-6(5)8/h1-3,6,12,16H,4-5,7-10H2,(H,17,18,19);1-4H. The fraction of sp³-hybridized carbons (Fsp3) is 0.333. The highest BCUT2D eigenvalue weighted by atomic mass is 35.5. The lowest BCUT2D eigenvalue weighted by Crippen LogP contribution is -2.26. The van der Waals surface area contributed by atoms with Crippen LogP contribution in [0.3, 0.4) is 0 Å². The number of aromatic nitrogens is 2. The van der Waals surface area contributed by atoms with E-state index >= 15 is 0 Å². The third kappa shape index (κ3) is 7.27. The fourth-order valence-corrected chi connectivity index (χ4v) is 3.08. The molecule has 0 radical (unpaired) electrons. The first-order valence-electron chi connectivity index (χ1n) is 9.53. The smallest absolute Gasteiger partial charge is 0.380 e. The molecule has 2 aromatic carbocycles. The first-order chi connectivity index (χ1) is 14.6. The Balaban J connectivity index is 0.000000269. The molecule has 1 atom stereocenters. The maximum absolute atomic E-state index is 11.0. The van der Waals surface area contributed by atoms with Crippen LogP contribution in [0.15, 0.2) is 57.8 Å². The summed E-state index contributed by atoms with van der Waals surface area (Å²) in [5.41, 5.74) is 1.82. The van der Waals surface area contributed by atoms with E-state index in [1.807, 2.05) is 36.4 Å². The quantitative estimate of drug-likeness (QED) is 0.613. The van der Waals surface area contributed by atoms with E-state index in [0.29, 0.717) is 35.0 Å². The Labute approximate surface area is 184 Å². The molecule has 2 heterocycles. The number of halogens is 2. The summed E-state index contributed by atoms with van der Waals surface area (Å²) >= 11 is 11.2. The molecule has 1 unspecified atom stereocenters. The van der Waals surface area contributed by atoms with Crippen LogP contribution >= 0.6 is 23.2 Å². The summed E-state index contributed by atoms with van der Waals surface area (Å²) in [7, 11) is 0. The van der Waals surface area contributed by atoms with Crippen molar-refractivity contribution >= 4 is 23.2 Å². The summed E-state index contributed by atoms with van der Waals surface area (Å²) in [5, 5.41) is 8.22. The summed E-state index contributed by atoms with van der Waals surface area (Å²) in [5.74, 6) is 0.239. The minimum absolute atomic E-state index is 0.373. The van der Waals surface area contributed by atoms with E-state index in [1.54, 1.807) is 12.1 Å². The summed E-state index contributed by atoms with van der Waals surface area (Å²) in [6.45, 7) is 4.46. The van der Waals surface area contributed by atoms with Crippen LogP contribution in [0.5, 0.6) is 0 Å². The number of nitrogens with zero attached hydrogens (tertiary/aromatic N) is 1. The Morgan fingerprint density at radius 1 is 1.13 bits per heavy atom. The molecule has 0 amide bonds. The Morgan fingerprint density at radius 2 is 1.93 bits per heavy atom. The lowest BCUT2D eigenvalue weighted by molar-refractivity contribution is 0.0473. The van der Waals surface area contributed by atoms with Crippen molar-refractivity contribution in [3.8, 4) is 11.4 Å². The average Bonchev–Trinajstić information content (AvgIpc) is 3.02. The maximum atomic E-state index is 11.0. The highest BCUT2D eigenvalue weighted by Gasteiger charge is 2.12. The highest BCUT2D eigenvalue weighted by molar-refractivity contribution is 6.41. The first-order valence-corrected chi connectivity index (χ1v) is 10.3. The van der Waals surface area contributed by atoms with Gasteiger partial charge in [0.05, 0.1) is 36.5 Å². The van der Waals surface area contributed by atoms with Crippen LogP contribution in [0, 0.1) is 5.92 Å². The van der Waals surface area contributed by atoms with Crippen molar-refractivity contribution in [2.75, 3.05) is 32.9 Å². The zero-order valence-electron chi connectivity index (χ0n) is 16.3. The van der Waals surface area contributed by atoms with Crippen molar-refractivity contribution in [3.05, 3.63) is 74.7 Å². The van der Waals surface area contributed by atoms with Gasteiger partial charge in [0.2, 0.25) is 0 Å². The third-order valence-corrected chi connectivity index (χ3v) is 5.05. The van der Waals surface area contributed by atoms with Gasteiger partial charge in [0.25, 0.3) is 0 Å². The molecule has 9 heteroatoms. The number of hydrogen-bond acceptors (Lipinski definition) is 6. The molecular formula is C21H23Cl2N3O4. The number of nitrogens with one attached hydrogen (secondary N) is 2. The zero-order valence-corrected chi connectivity index (χ0v) is 17.8. The molecule has 0 spiro atoms. The van der Waals surface area contributed by atoms with E-state index in [2.05, 4.69) is 20.0 Å². The molecule has 1 saturated heterocycles. The van der Waals surface area contributed by atoms with E-state index < -0.39 is 5.76 Å². The molecule has 2 N–H and O–H groups in total. The van der Waals surface area contributed by atoms with Gasteiger partial charge in [-0.15, -0.1) is 0 Å². The molecule has 1 aliphatic heterocycles. The normalized spacial score (nSPS) is 16.4. The van der Waals surface area contributed by atoms with Gasteiger partial charge in [0.1, 0.15) is 0 Å². The predicted molar refractivity (Wildman–Crippen MR) is 116 cm³/mol. The summed E-state index contributed by atoms with van der Waals surface area (Å²) in [6, 6.07) is 14.9. The van der Waals surface area contributed by atoms with Crippen LogP contribution in [0.25, 0.3) is 11.4 Å². The van der Waals surface area contributed by atoms with E-state index in [4.69, 9.17) is 32.7 Å². The van der Waals surface area contributed by atoms with Crippen molar-refractivity contribution < 1.29 is 14.0 Å². The number of hydrogen-bond donors (Lipinski definition) is 2. The molecule has 0 saturated carbocycles. The zero-order chi connectivity index (χ0) is 21.2. The molecule has 0 aliphatic carbocycles. The third-order valence-electron chi connectivity index (χ3n) is 4.30. The Bertz CT molecular complexity index is 947. The predicted octanol–water partition coefficient (Wildman–Crippen LogP) is 3.78. The topological polar surface area (TPSA) is 89.4 Å². The lowest BCUT2D eigenvalue weighted by Gasteiger charge is -2.14. The van der Waals surface area contributed by atoms with Crippen LogP contribution in [0.2, 0.25) is 10.0 Å². The highest BCUT2D eigenvalue weighted by Crippen LogP contribution is 2.19. The van der Waals surface area contributed by atoms with Gasteiger partial charge in [-0.2, -0.15) is 0 Å². The van der Waals surface area contributed by atoms with E-state index in [0.717, 1.165) is 37.4 Å². The van der Waals surface area contributed by atoms with Crippen LogP contribution in [-0.2, 0) is 16.1 Å². The summed E-state index contributed by atoms with van der Waals surface area (Å²) in [4.78, 5) is 13.5. The van der Waals surface area contributed by atoms with Crippen molar-refractivity contribution in [3.63, 3.8) is 0 Å². The molecular weight excluding hydrogens is 429 g/mol. The number of rotatable bonds is 5. The molecule has 1 aromatic heterocycles. The minimum Gasteiger partial charge on any atom is -0.380 e. The average molecular weight is 452 g/mol. The van der Waals surface area contributed by atoms with Crippen LogP contribution in [-0.4, -0.2) is 43.1 Å². The maximum Gasteiger partial charge on any atom is 0.439 e. The molecule has 30 heavy (non-hydrogen) atoms. The van der Waals surface area contributed by atoms with Gasteiger partial charge >= 0.3 is 5.76 Å². The first kappa shape index (κ1) is 22.5. The van der Waals surface area contributed by atoms with Gasteiger partial charge in [-0.25, -0.2) is 4.79 Å². The number of H-pyrrole nitrogens is 1. The number of ether oxygens (including phenoxy) is 2. The van der Waals surface area contributed by atoms with E-state index in [1.165, 1.54) is 0 Å². The van der Waals surface area contributed by atoms with Crippen molar-refractivity contribution in [2.45, 2.75) is 6.61 Å². The van der Waals surface area contributed by atoms with Crippen LogP contribution < -0.4 is 11.1 Å². The van der Waals surface area contributed by atoms with E-state index in [9.17, 15) is 4.79 Å². The minimum atomic E-state index is -0.558. The second-order valence-corrected chi connectivity index (χ2v) is 7.53. The summed E-state index contributed by atoms with van der Waals surface area (Å²) < 4.78 is 15.8. The van der Waals surface area contributed by atoms with Gasteiger partial charge in [0, 0.05) is 24.6 Å². The number of benzene rings is 2. The molecule has 3 aromatic rings. The van der Waals surface area contributed by atoms with Crippen molar-refractivity contribution in [2.24, 2.45) is 5.92 Å². The van der Waals surface area contributed by atoms with Gasteiger partial charge in [0.15, 0.2) is 5.82 Å². The van der Waals surface area contributed by atoms with Gasteiger partial charge < -0.3 is 14.8 Å². The molecule has 1 aliphatic rings. The Kier molecular flexibility index (Phi) is 8.92. The number of aromatic amines is 1. The van der Waals surface area contributed by atoms with Gasteiger partial charge in [-0.1, -0.05) is 58.7 Å². The molecule has 0 bridgehead atoms. The second kappa shape index (κ2) is 11.9. The largest absolute Gasteiger partial charge is 0.439 e. The SMILES string of the molecule is Clc1ccccc1Cl.O=c1[nH]c(-c2cccc(COCC3CNCCOC3)c2)no1. The Morgan fingerprint density at radius 3 is 2.63 bits per heavy atom. The fourth-order valence-electron chi connectivity index (χ4n) is 2.81. The Hall–Kier alpha value is -2.16. The van der Waals surface area contributed by atoms with Gasteiger partial charge in [-0.05, 0) is 23.8 Å². The lowest BCUT2D eigenvalue weighted by atomic mass is 10.1. The molecule has 1 fully saturated rings. The van der Waals surface area contributed by atoms with Crippen molar-refractivity contribution in [1.82, 2.24) is 15.5 Å². The molecule has 4 rings (SSSR count). The van der Waals surface area contributed by atoms with Crippen LogP contribution in [0.4, 0.5) is 0 Å². The van der Waals surface area contributed by atoms with Crippen LogP contribution in [0.1, 0.15) is 5.56 Å². The van der Waals surface area contributed by atoms with E-state index in [-0.39, 0.29) is 0 Å². The molecule has 160 valence electrons. The second-order valence-electron chi connectivity index (χ2n) is 6.72. The van der Waals surface area contributed by atoms with Crippen molar-refractivity contribution in [1.29, 1.82) is 0 Å². The monoisotopic (exact) mass is 451 g/mol. The molecule has 7 nitrogen and oxygen atoms in total.